The quantitative estimate of drug-likeness (QED) is 0.357. The summed E-state index contributed by atoms with van der Waals surface area (Å²) in [4.78, 5) is 14.3. The van der Waals surface area contributed by atoms with Crippen molar-refractivity contribution in [1.82, 2.24) is 5.32 Å². The topological polar surface area (TPSA) is 77.9 Å². The van der Waals surface area contributed by atoms with E-state index in [1.54, 1.807) is 0 Å². The summed E-state index contributed by atoms with van der Waals surface area (Å²) in [7, 11) is 0. The van der Waals surface area contributed by atoms with Gasteiger partial charge in [-0.1, -0.05) is 33.2 Å². The summed E-state index contributed by atoms with van der Waals surface area (Å²) in [6.07, 6.45) is 2.00. The number of nitrogens with one attached hydrogen (secondary N) is 1. The van der Waals surface area contributed by atoms with Gasteiger partial charge in [0.2, 0.25) is 5.91 Å². The Kier molecular flexibility index (Phi) is 6.91. The summed E-state index contributed by atoms with van der Waals surface area (Å²) < 4.78 is 0.974. The van der Waals surface area contributed by atoms with E-state index in [0.29, 0.717) is 19.5 Å². The van der Waals surface area contributed by atoms with E-state index in [9.17, 15) is 4.79 Å². The van der Waals surface area contributed by atoms with Crippen molar-refractivity contribution in [3.8, 4) is 0 Å². The van der Waals surface area contributed by atoms with Crippen molar-refractivity contribution in [3.63, 3.8) is 0 Å². The van der Waals surface area contributed by atoms with Crippen LogP contribution in [0.3, 0.4) is 0 Å². The van der Waals surface area contributed by atoms with Crippen LogP contribution in [0.1, 0.15) is 18.4 Å². The number of hydrogen-bond acceptors (Lipinski definition) is 2. The summed E-state index contributed by atoms with van der Waals surface area (Å²) in [6.45, 7) is 1.10. The van der Waals surface area contributed by atoms with Gasteiger partial charge in [0.15, 0.2) is 0 Å². The minimum Gasteiger partial charge on any atom is -0.356 e. The SMILES string of the molecule is [N-]=[N+]=NCCCCNC(=O)Cc1cccc(Br)c1. The van der Waals surface area contributed by atoms with E-state index in [0.717, 1.165) is 22.9 Å². The molecule has 0 aliphatic heterocycles. The molecule has 0 aliphatic carbocycles. The van der Waals surface area contributed by atoms with Gasteiger partial charge in [-0.2, -0.15) is 0 Å². The number of hydrogen-bond donors (Lipinski definition) is 1. The van der Waals surface area contributed by atoms with Gasteiger partial charge >= 0.3 is 0 Å². The van der Waals surface area contributed by atoms with Gasteiger partial charge in [0.1, 0.15) is 0 Å². The van der Waals surface area contributed by atoms with Crippen molar-refractivity contribution in [1.29, 1.82) is 0 Å². The van der Waals surface area contributed by atoms with Gasteiger partial charge in [0, 0.05) is 22.5 Å². The van der Waals surface area contributed by atoms with Crippen LogP contribution in [0.15, 0.2) is 33.9 Å². The summed E-state index contributed by atoms with van der Waals surface area (Å²) in [5, 5.41) is 6.27. The first-order valence-electron chi connectivity index (χ1n) is 5.74. The van der Waals surface area contributed by atoms with E-state index in [4.69, 9.17) is 5.53 Å². The van der Waals surface area contributed by atoms with Crippen LogP contribution in [0.5, 0.6) is 0 Å². The van der Waals surface area contributed by atoms with Gasteiger partial charge in [-0.25, -0.2) is 0 Å². The van der Waals surface area contributed by atoms with Crippen LogP contribution in [0, 0.1) is 0 Å². The Morgan fingerprint density at radius 2 is 2.28 bits per heavy atom. The van der Waals surface area contributed by atoms with E-state index in [1.165, 1.54) is 0 Å². The first-order valence-corrected chi connectivity index (χ1v) is 6.53. The molecular formula is C12H15BrN4O. The van der Waals surface area contributed by atoms with Crippen molar-refractivity contribution in [3.05, 3.63) is 44.7 Å². The Morgan fingerprint density at radius 3 is 3.00 bits per heavy atom. The van der Waals surface area contributed by atoms with Crippen molar-refractivity contribution >= 4 is 21.8 Å². The zero-order valence-corrected chi connectivity index (χ0v) is 11.6. The summed E-state index contributed by atoms with van der Waals surface area (Å²) in [5.74, 6) is 0.0110. The van der Waals surface area contributed by atoms with E-state index in [1.807, 2.05) is 24.3 Å². The third kappa shape index (κ3) is 6.27. The molecule has 0 unspecified atom stereocenters. The third-order valence-electron chi connectivity index (χ3n) is 2.32. The number of azide groups is 1. The van der Waals surface area contributed by atoms with Gasteiger partial charge in [0.25, 0.3) is 0 Å². The lowest BCUT2D eigenvalue weighted by Crippen LogP contribution is -2.26. The largest absolute Gasteiger partial charge is 0.356 e. The van der Waals surface area contributed by atoms with Crippen LogP contribution in [0.2, 0.25) is 0 Å². The van der Waals surface area contributed by atoms with E-state index >= 15 is 0 Å². The highest BCUT2D eigenvalue weighted by atomic mass is 79.9. The van der Waals surface area contributed by atoms with Crippen LogP contribution in [-0.2, 0) is 11.2 Å². The Balaban J connectivity index is 2.19. The molecule has 0 saturated carbocycles. The normalized spacial score (nSPS) is 9.61. The smallest absolute Gasteiger partial charge is 0.224 e. The monoisotopic (exact) mass is 310 g/mol. The maximum atomic E-state index is 11.6. The van der Waals surface area contributed by atoms with E-state index < -0.39 is 0 Å². The molecule has 0 saturated heterocycles. The molecule has 1 rings (SSSR count). The van der Waals surface area contributed by atoms with Crippen LogP contribution >= 0.6 is 15.9 Å². The zero-order valence-electron chi connectivity index (χ0n) is 9.97. The molecule has 0 bridgehead atoms. The second kappa shape index (κ2) is 8.55. The highest BCUT2D eigenvalue weighted by Crippen LogP contribution is 2.11. The fraction of sp³-hybridized carbons (Fsp3) is 0.417. The number of halogens is 1. The van der Waals surface area contributed by atoms with Crippen molar-refractivity contribution in [2.24, 2.45) is 5.11 Å². The molecule has 1 aromatic carbocycles. The first kappa shape index (κ1) is 14.5. The van der Waals surface area contributed by atoms with Gasteiger partial charge in [-0.3, -0.25) is 4.79 Å². The fourth-order valence-corrected chi connectivity index (χ4v) is 1.92. The number of amides is 1. The van der Waals surface area contributed by atoms with E-state index in [2.05, 4.69) is 31.3 Å². The molecule has 5 nitrogen and oxygen atoms in total. The third-order valence-corrected chi connectivity index (χ3v) is 2.82. The fourth-order valence-electron chi connectivity index (χ4n) is 1.47. The van der Waals surface area contributed by atoms with Crippen molar-refractivity contribution in [2.45, 2.75) is 19.3 Å². The van der Waals surface area contributed by atoms with Gasteiger partial charge in [-0.05, 0) is 36.1 Å². The number of rotatable bonds is 7. The molecule has 1 amide bonds. The average Bonchev–Trinajstić information content (AvgIpc) is 2.33. The maximum Gasteiger partial charge on any atom is 0.224 e. The van der Waals surface area contributed by atoms with Crippen LogP contribution in [0.25, 0.3) is 10.4 Å². The van der Waals surface area contributed by atoms with Crippen molar-refractivity contribution < 1.29 is 4.79 Å². The Labute approximate surface area is 114 Å². The van der Waals surface area contributed by atoms with E-state index in [-0.39, 0.29) is 5.91 Å². The molecule has 0 aromatic heterocycles. The maximum absolute atomic E-state index is 11.6. The Bertz CT molecular complexity index is 443. The zero-order chi connectivity index (χ0) is 13.2. The number of benzene rings is 1. The van der Waals surface area contributed by atoms with Crippen LogP contribution in [0.4, 0.5) is 0 Å². The lowest BCUT2D eigenvalue weighted by Gasteiger charge is -2.05. The summed E-state index contributed by atoms with van der Waals surface area (Å²) >= 11 is 3.37. The molecule has 18 heavy (non-hydrogen) atoms. The molecule has 0 spiro atoms. The number of nitrogens with zero attached hydrogens (tertiary/aromatic N) is 3. The molecule has 0 radical (unpaired) electrons. The predicted octanol–water partition coefficient (Wildman–Crippen LogP) is 3.20. The van der Waals surface area contributed by atoms with Crippen LogP contribution in [-0.4, -0.2) is 19.0 Å². The molecule has 1 aromatic rings. The molecule has 1 N–H and O–H groups in total. The minimum atomic E-state index is 0.0110. The summed E-state index contributed by atoms with van der Waals surface area (Å²) in [5.41, 5.74) is 9.06. The Hall–Kier alpha value is -1.52. The van der Waals surface area contributed by atoms with Crippen molar-refractivity contribution in [2.75, 3.05) is 13.1 Å². The number of carbonyl (C=O) groups is 1. The van der Waals surface area contributed by atoms with Crippen LogP contribution < -0.4 is 5.32 Å². The molecule has 0 aliphatic rings. The molecule has 0 atom stereocenters. The second-order valence-electron chi connectivity index (χ2n) is 3.82. The number of unbranched alkanes of at least 4 members (excludes halogenated alkanes) is 1. The second-order valence-corrected chi connectivity index (χ2v) is 4.73. The standard InChI is InChI=1S/C12H15BrN4O/c13-11-5-3-4-10(8-11)9-12(18)15-6-1-2-7-16-17-14/h3-5,8H,1-2,6-7,9H2,(H,15,18). The number of carbonyl (C=O) groups excluding carboxylic acids is 1. The molecule has 96 valence electrons. The van der Waals surface area contributed by atoms with Gasteiger partial charge in [-0.15, -0.1) is 0 Å². The highest BCUT2D eigenvalue weighted by Gasteiger charge is 2.02. The lowest BCUT2D eigenvalue weighted by atomic mass is 10.1. The average molecular weight is 311 g/mol. The minimum absolute atomic E-state index is 0.0110. The molecular weight excluding hydrogens is 296 g/mol. The Morgan fingerprint density at radius 1 is 1.44 bits per heavy atom. The lowest BCUT2D eigenvalue weighted by molar-refractivity contribution is -0.120. The highest BCUT2D eigenvalue weighted by molar-refractivity contribution is 9.10. The molecule has 0 heterocycles. The van der Waals surface area contributed by atoms with Gasteiger partial charge in [0.05, 0.1) is 6.42 Å². The summed E-state index contributed by atoms with van der Waals surface area (Å²) in [6, 6.07) is 7.69. The molecule has 0 fully saturated rings. The first-order chi connectivity index (χ1) is 8.72. The predicted molar refractivity (Wildman–Crippen MR) is 74.1 cm³/mol. The molecule has 6 heteroatoms. The van der Waals surface area contributed by atoms with Gasteiger partial charge < -0.3 is 5.32 Å².